The maximum Gasteiger partial charge on any atom is 0.242 e. The van der Waals surface area contributed by atoms with E-state index >= 15 is 0 Å². The summed E-state index contributed by atoms with van der Waals surface area (Å²) < 4.78 is 2.13. The molecule has 4 nitrogen and oxygen atoms in total. The Morgan fingerprint density at radius 3 is 2.38 bits per heavy atom. The van der Waals surface area contributed by atoms with Crippen LogP contribution >= 0.6 is 0 Å². The van der Waals surface area contributed by atoms with Crippen LogP contribution in [0.2, 0.25) is 0 Å². The fraction of sp³-hybridized carbons (Fsp3) is 0.318. The van der Waals surface area contributed by atoms with E-state index in [2.05, 4.69) is 58.9 Å². The first-order valence-electron chi connectivity index (χ1n) is 9.29. The third kappa shape index (κ3) is 3.51. The Kier molecular flexibility index (Phi) is 4.76. The van der Waals surface area contributed by atoms with Gasteiger partial charge in [0.25, 0.3) is 0 Å². The molecule has 1 saturated heterocycles. The van der Waals surface area contributed by atoms with Gasteiger partial charge in [-0.3, -0.25) is 9.69 Å². The summed E-state index contributed by atoms with van der Waals surface area (Å²) in [7, 11) is 0. The van der Waals surface area contributed by atoms with Crippen LogP contribution in [0.1, 0.15) is 11.3 Å². The number of fused-ring (bicyclic) bond motifs is 1. The summed E-state index contributed by atoms with van der Waals surface area (Å²) in [4.78, 5) is 17.2. The minimum atomic E-state index is 0.216. The highest BCUT2D eigenvalue weighted by Crippen LogP contribution is 2.19. The number of rotatable bonds is 4. The molecule has 0 aliphatic carbocycles. The smallest absolute Gasteiger partial charge is 0.242 e. The van der Waals surface area contributed by atoms with E-state index in [0.29, 0.717) is 6.54 Å². The van der Waals surface area contributed by atoms with Crippen molar-refractivity contribution >= 4 is 16.8 Å². The van der Waals surface area contributed by atoms with Gasteiger partial charge >= 0.3 is 0 Å². The molecule has 1 aromatic heterocycles. The van der Waals surface area contributed by atoms with Crippen molar-refractivity contribution in [3.05, 3.63) is 71.9 Å². The molecule has 134 valence electrons. The molecule has 4 heteroatoms. The van der Waals surface area contributed by atoms with E-state index in [9.17, 15) is 4.79 Å². The predicted molar refractivity (Wildman–Crippen MR) is 105 cm³/mol. The number of amides is 1. The van der Waals surface area contributed by atoms with Gasteiger partial charge in [-0.25, -0.2) is 0 Å². The third-order valence-electron chi connectivity index (χ3n) is 5.29. The van der Waals surface area contributed by atoms with Crippen molar-refractivity contribution in [3.63, 3.8) is 0 Å². The lowest BCUT2D eigenvalue weighted by Gasteiger charge is -2.35. The van der Waals surface area contributed by atoms with Gasteiger partial charge in [-0.2, -0.15) is 0 Å². The molecule has 1 aliphatic heterocycles. The average Bonchev–Trinajstić information content (AvgIpc) is 2.98. The SMILES string of the molecule is Cc1cc2ccccc2n1CC(=O)N1CCN(Cc2ccccc2)CC1. The first-order chi connectivity index (χ1) is 12.7. The molecule has 3 aromatic rings. The zero-order valence-corrected chi connectivity index (χ0v) is 15.3. The number of hydrogen-bond donors (Lipinski definition) is 0. The van der Waals surface area contributed by atoms with Crippen LogP contribution < -0.4 is 0 Å². The summed E-state index contributed by atoms with van der Waals surface area (Å²) in [6.07, 6.45) is 0. The monoisotopic (exact) mass is 347 g/mol. The molecule has 0 radical (unpaired) electrons. The molecule has 1 fully saturated rings. The van der Waals surface area contributed by atoms with Crippen molar-refractivity contribution in [2.75, 3.05) is 26.2 Å². The number of aryl methyl sites for hydroxylation is 1. The second-order valence-corrected chi connectivity index (χ2v) is 7.07. The second-order valence-electron chi connectivity index (χ2n) is 7.07. The summed E-state index contributed by atoms with van der Waals surface area (Å²) in [6, 6.07) is 21.0. The number of aromatic nitrogens is 1. The van der Waals surface area contributed by atoms with E-state index in [4.69, 9.17) is 0 Å². The highest BCUT2D eigenvalue weighted by Gasteiger charge is 2.22. The minimum Gasteiger partial charge on any atom is -0.339 e. The first-order valence-corrected chi connectivity index (χ1v) is 9.29. The van der Waals surface area contributed by atoms with Gasteiger partial charge in [-0.15, -0.1) is 0 Å². The summed E-state index contributed by atoms with van der Waals surface area (Å²) in [5, 5.41) is 1.20. The molecule has 0 atom stereocenters. The number of benzene rings is 2. The van der Waals surface area contributed by atoms with Gasteiger partial charge in [0.1, 0.15) is 6.54 Å². The fourth-order valence-corrected chi connectivity index (χ4v) is 3.79. The Morgan fingerprint density at radius 1 is 0.923 bits per heavy atom. The van der Waals surface area contributed by atoms with Gasteiger partial charge in [0.2, 0.25) is 5.91 Å². The molecule has 0 saturated carbocycles. The molecule has 0 unspecified atom stereocenters. The molecular formula is C22H25N3O. The normalized spacial score (nSPS) is 15.5. The number of carbonyl (C=O) groups excluding carboxylic acids is 1. The predicted octanol–water partition coefficient (Wildman–Crippen LogP) is 3.29. The van der Waals surface area contributed by atoms with E-state index in [0.717, 1.165) is 43.9 Å². The average molecular weight is 347 g/mol. The van der Waals surface area contributed by atoms with Crippen molar-refractivity contribution in [1.82, 2.24) is 14.4 Å². The summed E-state index contributed by atoms with van der Waals surface area (Å²) in [5.74, 6) is 0.216. The van der Waals surface area contributed by atoms with Gasteiger partial charge < -0.3 is 9.47 Å². The molecule has 2 aromatic carbocycles. The Labute approximate surface area is 154 Å². The van der Waals surface area contributed by atoms with Crippen molar-refractivity contribution in [2.45, 2.75) is 20.0 Å². The molecule has 1 amide bonds. The molecular weight excluding hydrogens is 322 g/mol. The van der Waals surface area contributed by atoms with E-state index in [1.54, 1.807) is 0 Å². The lowest BCUT2D eigenvalue weighted by molar-refractivity contribution is -0.133. The van der Waals surface area contributed by atoms with Gasteiger partial charge in [0.05, 0.1) is 0 Å². The van der Waals surface area contributed by atoms with Gasteiger partial charge in [0, 0.05) is 43.9 Å². The van der Waals surface area contributed by atoms with Gasteiger partial charge in [-0.05, 0) is 30.0 Å². The number of piperazine rings is 1. The van der Waals surface area contributed by atoms with E-state index < -0.39 is 0 Å². The maximum absolute atomic E-state index is 12.8. The molecule has 26 heavy (non-hydrogen) atoms. The number of carbonyl (C=O) groups is 1. The molecule has 0 bridgehead atoms. The Bertz CT molecular complexity index is 892. The molecule has 0 N–H and O–H groups in total. The Hall–Kier alpha value is -2.59. The quantitative estimate of drug-likeness (QED) is 0.724. The zero-order chi connectivity index (χ0) is 17.9. The fourth-order valence-electron chi connectivity index (χ4n) is 3.79. The first kappa shape index (κ1) is 16.9. The zero-order valence-electron chi connectivity index (χ0n) is 15.3. The Balaban J connectivity index is 1.37. The number of hydrogen-bond acceptors (Lipinski definition) is 2. The summed E-state index contributed by atoms with van der Waals surface area (Å²) in [5.41, 5.74) is 3.62. The summed E-state index contributed by atoms with van der Waals surface area (Å²) >= 11 is 0. The number of nitrogens with zero attached hydrogens (tertiary/aromatic N) is 3. The molecule has 4 rings (SSSR count). The van der Waals surface area contributed by atoms with Crippen LogP contribution in [0.4, 0.5) is 0 Å². The van der Waals surface area contributed by atoms with Crippen molar-refractivity contribution in [3.8, 4) is 0 Å². The molecule has 0 spiro atoms. The summed E-state index contributed by atoms with van der Waals surface area (Å²) in [6.45, 7) is 6.96. The third-order valence-corrected chi connectivity index (χ3v) is 5.29. The highest BCUT2D eigenvalue weighted by atomic mass is 16.2. The lowest BCUT2D eigenvalue weighted by atomic mass is 10.2. The van der Waals surface area contributed by atoms with Crippen molar-refractivity contribution in [1.29, 1.82) is 0 Å². The highest BCUT2D eigenvalue weighted by molar-refractivity contribution is 5.84. The van der Waals surface area contributed by atoms with Gasteiger partial charge in [-0.1, -0.05) is 48.5 Å². The van der Waals surface area contributed by atoms with Crippen LogP contribution in [-0.2, 0) is 17.9 Å². The minimum absolute atomic E-state index is 0.216. The number of para-hydroxylation sites is 1. The Morgan fingerprint density at radius 2 is 1.62 bits per heavy atom. The lowest BCUT2D eigenvalue weighted by Crippen LogP contribution is -2.49. The molecule has 2 heterocycles. The molecule has 1 aliphatic rings. The van der Waals surface area contributed by atoms with Crippen LogP contribution in [-0.4, -0.2) is 46.5 Å². The maximum atomic E-state index is 12.8. The van der Waals surface area contributed by atoms with Crippen LogP contribution in [0.15, 0.2) is 60.7 Å². The van der Waals surface area contributed by atoms with Crippen LogP contribution in [0.3, 0.4) is 0 Å². The van der Waals surface area contributed by atoms with Gasteiger partial charge in [0.15, 0.2) is 0 Å². The van der Waals surface area contributed by atoms with Crippen molar-refractivity contribution in [2.24, 2.45) is 0 Å². The standard InChI is InChI=1S/C22H25N3O/c1-18-15-20-9-5-6-10-21(20)25(18)17-22(26)24-13-11-23(12-14-24)16-19-7-3-2-4-8-19/h2-10,15H,11-14,16-17H2,1H3. The largest absolute Gasteiger partial charge is 0.339 e. The van der Waals surface area contributed by atoms with Crippen LogP contribution in [0.25, 0.3) is 10.9 Å². The van der Waals surface area contributed by atoms with Crippen LogP contribution in [0, 0.1) is 6.92 Å². The van der Waals surface area contributed by atoms with E-state index in [-0.39, 0.29) is 5.91 Å². The topological polar surface area (TPSA) is 28.5 Å². The van der Waals surface area contributed by atoms with E-state index in [1.807, 2.05) is 23.1 Å². The van der Waals surface area contributed by atoms with E-state index in [1.165, 1.54) is 10.9 Å². The second kappa shape index (κ2) is 7.34. The van der Waals surface area contributed by atoms with Crippen molar-refractivity contribution < 1.29 is 4.79 Å². The van der Waals surface area contributed by atoms with Crippen LogP contribution in [0.5, 0.6) is 0 Å².